The van der Waals surface area contributed by atoms with Crippen LogP contribution in [0.15, 0.2) is 17.6 Å². The van der Waals surface area contributed by atoms with Gasteiger partial charge in [-0.3, -0.25) is 0 Å². The van der Waals surface area contributed by atoms with Gasteiger partial charge in [0.25, 0.3) is 0 Å². The molecule has 5 nitrogen and oxygen atoms in total. The summed E-state index contributed by atoms with van der Waals surface area (Å²) in [7, 11) is 1.74. The number of nitrogens with one attached hydrogen (secondary N) is 1. The summed E-state index contributed by atoms with van der Waals surface area (Å²) in [6.45, 7) is 0. The van der Waals surface area contributed by atoms with Gasteiger partial charge in [0.15, 0.2) is 0 Å². The fourth-order valence-electron chi connectivity index (χ4n) is 2.73. The molecule has 0 spiro atoms. The normalized spacial score (nSPS) is 17.4. The van der Waals surface area contributed by atoms with Crippen LogP contribution in [0.5, 0.6) is 0 Å². The number of aromatic nitrogens is 2. The lowest BCUT2D eigenvalue weighted by Gasteiger charge is -2.24. The minimum atomic E-state index is -0.962. The van der Waals surface area contributed by atoms with Gasteiger partial charge in [-0.2, -0.15) is 0 Å². The number of carbonyl (C=O) groups is 1. The van der Waals surface area contributed by atoms with Crippen LogP contribution in [0.25, 0.3) is 11.3 Å². The van der Waals surface area contributed by atoms with Crippen LogP contribution in [-0.2, 0) is 10.3 Å². The van der Waals surface area contributed by atoms with Gasteiger partial charge in [-0.25, -0.2) is 9.78 Å². The third-order valence-corrected chi connectivity index (χ3v) is 4.93. The summed E-state index contributed by atoms with van der Waals surface area (Å²) in [6, 6.07) is 1.61. The van der Waals surface area contributed by atoms with Crippen molar-refractivity contribution in [2.45, 2.75) is 31.3 Å². The average Bonchev–Trinajstić information content (AvgIpc) is 3.18. The molecule has 0 aromatic carbocycles. The molecule has 6 heteroatoms. The highest BCUT2D eigenvalue weighted by molar-refractivity contribution is 7.10. The Balaban J connectivity index is 1.91. The lowest BCUT2D eigenvalue weighted by molar-refractivity contribution is -0.00879. The standard InChI is InChI=1S/C14H16N2O3S/c1-19-14(4-2-3-5-14)13-16-11(8-20-13)9-6-10(12(17)18)15-7-9/h6-8,15H,2-5H2,1H3,(H,17,18). The third-order valence-electron chi connectivity index (χ3n) is 3.91. The molecule has 2 aromatic rings. The van der Waals surface area contributed by atoms with Crippen molar-refractivity contribution in [1.82, 2.24) is 9.97 Å². The highest BCUT2D eigenvalue weighted by Crippen LogP contribution is 2.43. The minimum absolute atomic E-state index is 0.178. The highest BCUT2D eigenvalue weighted by atomic mass is 32.1. The van der Waals surface area contributed by atoms with Gasteiger partial charge >= 0.3 is 5.97 Å². The van der Waals surface area contributed by atoms with Gasteiger partial charge in [-0.1, -0.05) is 12.8 Å². The largest absolute Gasteiger partial charge is 0.477 e. The predicted octanol–water partition coefficient (Wildman–Crippen LogP) is 3.25. The number of nitrogens with zero attached hydrogens (tertiary/aromatic N) is 1. The lowest BCUT2D eigenvalue weighted by Crippen LogP contribution is -2.23. The Morgan fingerprint density at radius 2 is 2.25 bits per heavy atom. The van der Waals surface area contributed by atoms with E-state index in [-0.39, 0.29) is 11.3 Å². The summed E-state index contributed by atoms with van der Waals surface area (Å²) >= 11 is 1.59. The maximum Gasteiger partial charge on any atom is 0.352 e. The quantitative estimate of drug-likeness (QED) is 0.907. The van der Waals surface area contributed by atoms with E-state index in [0.717, 1.165) is 41.9 Å². The molecule has 0 saturated heterocycles. The second-order valence-electron chi connectivity index (χ2n) is 5.05. The first kappa shape index (κ1) is 13.3. The number of aromatic carboxylic acids is 1. The fraction of sp³-hybridized carbons (Fsp3) is 0.429. The van der Waals surface area contributed by atoms with Crippen molar-refractivity contribution >= 4 is 17.3 Å². The van der Waals surface area contributed by atoms with Crippen molar-refractivity contribution in [3.63, 3.8) is 0 Å². The summed E-state index contributed by atoms with van der Waals surface area (Å²) in [5, 5.41) is 11.9. The number of carboxylic acids is 1. The van der Waals surface area contributed by atoms with Gasteiger partial charge in [0.05, 0.1) is 5.69 Å². The van der Waals surface area contributed by atoms with Crippen LogP contribution in [0.3, 0.4) is 0 Å². The van der Waals surface area contributed by atoms with Gasteiger partial charge < -0.3 is 14.8 Å². The Kier molecular flexibility index (Phi) is 3.35. The van der Waals surface area contributed by atoms with Crippen molar-refractivity contribution in [2.75, 3.05) is 7.11 Å². The van der Waals surface area contributed by atoms with Crippen LogP contribution in [-0.4, -0.2) is 28.2 Å². The van der Waals surface area contributed by atoms with Crippen LogP contribution in [0, 0.1) is 0 Å². The van der Waals surface area contributed by atoms with Crippen molar-refractivity contribution < 1.29 is 14.6 Å². The van der Waals surface area contributed by atoms with E-state index in [1.165, 1.54) is 0 Å². The zero-order chi connectivity index (χ0) is 14.2. The Morgan fingerprint density at radius 3 is 2.85 bits per heavy atom. The number of carboxylic acid groups (broad SMARTS) is 1. The maximum atomic E-state index is 10.9. The average molecular weight is 292 g/mol. The molecule has 1 aliphatic rings. The van der Waals surface area contributed by atoms with Crippen LogP contribution >= 0.6 is 11.3 Å². The number of H-pyrrole nitrogens is 1. The number of thiazole rings is 1. The summed E-state index contributed by atoms with van der Waals surface area (Å²) < 4.78 is 5.72. The monoisotopic (exact) mass is 292 g/mol. The SMILES string of the molecule is COC1(c2nc(-c3c[nH]c(C(=O)O)c3)cs2)CCCC1. The molecule has 1 aliphatic carbocycles. The van der Waals surface area contributed by atoms with Gasteiger partial charge in [0.1, 0.15) is 16.3 Å². The minimum Gasteiger partial charge on any atom is -0.477 e. The molecule has 106 valence electrons. The van der Waals surface area contributed by atoms with Crippen LogP contribution in [0.4, 0.5) is 0 Å². The Hall–Kier alpha value is -1.66. The summed E-state index contributed by atoms with van der Waals surface area (Å²) in [5.74, 6) is -0.962. The molecule has 0 bridgehead atoms. The maximum absolute atomic E-state index is 10.9. The van der Waals surface area contributed by atoms with Gasteiger partial charge in [-0.15, -0.1) is 11.3 Å². The zero-order valence-electron chi connectivity index (χ0n) is 11.2. The first-order valence-electron chi connectivity index (χ1n) is 6.58. The van der Waals surface area contributed by atoms with Crippen LogP contribution in [0.2, 0.25) is 0 Å². The van der Waals surface area contributed by atoms with E-state index >= 15 is 0 Å². The molecule has 1 saturated carbocycles. The first-order chi connectivity index (χ1) is 9.64. The van der Waals surface area contributed by atoms with Crippen molar-refractivity contribution in [2.24, 2.45) is 0 Å². The number of aromatic amines is 1. The van der Waals surface area contributed by atoms with Crippen molar-refractivity contribution in [3.8, 4) is 11.3 Å². The zero-order valence-corrected chi connectivity index (χ0v) is 12.0. The number of rotatable bonds is 4. The third kappa shape index (κ3) is 2.14. The van der Waals surface area contributed by atoms with E-state index in [9.17, 15) is 4.79 Å². The second-order valence-corrected chi connectivity index (χ2v) is 5.91. The van der Waals surface area contributed by atoms with E-state index in [1.54, 1.807) is 30.7 Å². The molecule has 2 N–H and O–H groups in total. The number of hydrogen-bond donors (Lipinski definition) is 2. The molecule has 2 heterocycles. The van der Waals surface area contributed by atoms with E-state index in [2.05, 4.69) is 9.97 Å². The molecule has 1 fully saturated rings. The van der Waals surface area contributed by atoms with Gasteiger partial charge in [-0.05, 0) is 18.9 Å². The summed E-state index contributed by atoms with van der Waals surface area (Å²) in [4.78, 5) is 18.3. The topological polar surface area (TPSA) is 75.2 Å². The van der Waals surface area contributed by atoms with Crippen molar-refractivity contribution in [3.05, 3.63) is 28.3 Å². The Bertz CT molecular complexity index is 626. The summed E-state index contributed by atoms with van der Waals surface area (Å²) in [5.41, 5.74) is 1.54. The molecule has 0 amide bonds. The van der Waals surface area contributed by atoms with E-state index < -0.39 is 5.97 Å². The summed E-state index contributed by atoms with van der Waals surface area (Å²) in [6.07, 6.45) is 6.01. The van der Waals surface area contributed by atoms with E-state index in [1.807, 2.05) is 5.38 Å². The molecular formula is C14H16N2O3S. The number of hydrogen-bond acceptors (Lipinski definition) is 4. The fourth-order valence-corrected chi connectivity index (χ4v) is 3.80. The molecule has 0 atom stereocenters. The Morgan fingerprint density at radius 1 is 1.50 bits per heavy atom. The molecule has 20 heavy (non-hydrogen) atoms. The van der Waals surface area contributed by atoms with E-state index in [4.69, 9.17) is 9.84 Å². The number of ether oxygens (including phenoxy) is 1. The first-order valence-corrected chi connectivity index (χ1v) is 7.46. The molecule has 0 unspecified atom stereocenters. The molecule has 0 aliphatic heterocycles. The van der Waals surface area contributed by atoms with Crippen LogP contribution < -0.4 is 0 Å². The van der Waals surface area contributed by atoms with Gasteiger partial charge in [0.2, 0.25) is 0 Å². The van der Waals surface area contributed by atoms with Crippen molar-refractivity contribution in [1.29, 1.82) is 0 Å². The smallest absolute Gasteiger partial charge is 0.352 e. The number of methoxy groups -OCH3 is 1. The molecule has 2 aromatic heterocycles. The molecule has 3 rings (SSSR count). The van der Waals surface area contributed by atoms with Gasteiger partial charge in [0, 0.05) is 24.3 Å². The molecule has 0 radical (unpaired) electrons. The lowest BCUT2D eigenvalue weighted by atomic mass is 10.0. The predicted molar refractivity (Wildman–Crippen MR) is 76.0 cm³/mol. The Labute approximate surface area is 120 Å². The van der Waals surface area contributed by atoms with E-state index in [0.29, 0.717) is 0 Å². The second kappa shape index (κ2) is 5.03. The highest BCUT2D eigenvalue weighted by Gasteiger charge is 2.38. The molecular weight excluding hydrogens is 276 g/mol. The van der Waals surface area contributed by atoms with Crippen LogP contribution in [0.1, 0.15) is 41.2 Å².